The minimum absolute atomic E-state index is 0.174. The van der Waals surface area contributed by atoms with Crippen LogP contribution in [0.15, 0.2) is 0 Å². The third-order valence-electron chi connectivity index (χ3n) is 4.72. The van der Waals surface area contributed by atoms with Crippen LogP contribution >= 0.6 is 0 Å². The number of amides is 1. The molecule has 0 aromatic carbocycles. The van der Waals surface area contributed by atoms with E-state index < -0.39 is 0 Å². The van der Waals surface area contributed by atoms with E-state index in [9.17, 15) is 4.79 Å². The number of nitrogens with two attached hydrogens (primary N) is 1. The summed E-state index contributed by atoms with van der Waals surface area (Å²) in [6.07, 6.45) is 6.81. The molecule has 3 rings (SSSR count). The molecule has 3 N–H and O–H groups in total. The number of carbonyl (C=O) groups excluding carboxylic acids is 1. The van der Waals surface area contributed by atoms with Crippen molar-refractivity contribution in [1.82, 2.24) is 5.32 Å². The molecule has 0 spiro atoms. The summed E-state index contributed by atoms with van der Waals surface area (Å²) in [4.78, 5) is 12.3. The van der Waals surface area contributed by atoms with E-state index in [1.54, 1.807) is 0 Å². The Bertz CT molecular complexity index is 305. The van der Waals surface area contributed by atoms with Gasteiger partial charge in [-0.2, -0.15) is 0 Å². The van der Waals surface area contributed by atoms with E-state index in [0.717, 1.165) is 32.3 Å². The van der Waals surface area contributed by atoms with Gasteiger partial charge in [-0.25, -0.2) is 0 Å². The van der Waals surface area contributed by atoms with Crippen LogP contribution in [0.5, 0.6) is 0 Å². The van der Waals surface area contributed by atoms with E-state index in [2.05, 4.69) is 5.32 Å². The molecule has 1 heterocycles. The van der Waals surface area contributed by atoms with Gasteiger partial charge in [0, 0.05) is 13.2 Å². The molecular formula is C13H22N2O2. The van der Waals surface area contributed by atoms with E-state index in [-0.39, 0.29) is 23.5 Å². The molecule has 0 aromatic rings. The average molecular weight is 238 g/mol. The predicted octanol–water partition coefficient (Wildman–Crippen LogP) is 0.799. The second-order valence-electron chi connectivity index (χ2n) is 5.88. The van der Waals surface area contributed by atoms with Gasteiger partial charge in [-0.1, -0.05) is 6.42 Å². The highest BCUT2D eigenvalue weighted by Gasteiger charge is 2.46. The monoisotopic (exact) mass is 238 g/mol. The van der Waals surface area contributed by atoms with Gasteiger partial charge >= 0.3 is 0 Å². The van der Waals surface area contributed by atoms with Gasteiger partial charge in [-0.15, -0.1) is 0 Å². The van der Waals surface area contributed by atoms with Crippen LogP contribution in [-0.2, 0) is 9.53 Å². The molecule has 1 aliphatic heterocycles. The molecule has 2 aliphatic carbocycles. The van der Waals surface area contributed by atoms with Crippen LogP contribution in [0, 0.1) is 11.3 Å². The lowest BCUT2D eigenvalue weighted by Crippen LogP contribution is -2.54. The number of nitrogens with one attached hydrogen (secondary N) is 1. The fourth-order valence-electron chi connectivity index (χ4n) is 3.10. The van der Waals surface area contributed by atoms with Gasteiger partial charge in [-0.3, -0.25) is 4.79 Å². The molecule has 4 nitrogen and oxygen atoms in total. The molecule has 1 saturated heterocycles. The maximum absolute atomic E-state index is 12.3. The van der Waals surface area contributed by atoms with Crippen LogP contribution in [0.3, 0.4) is 0 Å². The first-order valence-corrected chi connectivity index (χ1v) is 6.88. The molecule has 2 saturated carbocycles. The lowest BCUT2D eigenvalue weighted by atomic mass is 9.68. The highest BCUT2D eigenvalue weighted by atomic mass is 16.5. The Morgan fingerprint density at radius 2 is 2.12 bits per heavy atom. The largest absolute Gasteiger partial charge is 0.376 e. The first-order valence-electron chi connectivity index (χ1n) is 6.88. The van der Waals surface area contributed by atoms with Gasteiger partial charge in [0.25, 0.3) is 0 Å². The predicted molar refractivity (Wildman–Crippen MR) is 64.4 cm³/mol. The van der Waals surface area contributed by atoms with Gasteiger partial charge in [0.05, 0.1) is 17.6 Å². The van der Waals surface area contributed by atoms with Crippen molar-refractivity contribution in [3.05, 3.63) is 0 Å². The lowest BCUT2D eigenvalue weighted by Gasteiger charge is -2.40. The Morgan fingerprint density at radius 3 is 2.65 bits per heavy atom. The lowest BCUT2D eigenvalue weighted by molar-refractivity contribution is -0.136. The van der Waals surface area contributed by atoms with E-state index in [0.29, 0.717) is 12.5 Å². The van der Waals surface area contributed by atoms with Crippen molar-refractivity contribution in [2.75, 3.05) is 13.2 Å². The van der Waals surface area contributed by atoms with E-state index >= 15 is 0 Å². The summed E-state index contributed by atoms with van der Waals surface area (Å²) in [5.41, 5.74) is 5.51. The Morgan fingerprint density at radius 1 is 1.35 bits per heavy atom. The minimum atomic E-state index is -0.253. The van der Waals surface area contributed by atoms with E-state index in [1.807, 2.05) is 0 Å². The molecular weight excluding hydrogens is 216 g/mol. The number of rotatable bonds is 4. The topological polar surface area (TPSA) is 64.4 Å². The highest BCUT2D eigenvalue weighted by molar-refractivity contribution is 5.84. The van der Waals surface area contributed by atoms with Gasteiger partial charge in [-0.05, 0) is 38.0 Å². The number of carbonyl (C=O) groups is 1. The molecule has 4 heteroatoms. The number of hydrogen-bond donors (Lipinski definition) is 2. The zero-order valence-corrected chi connectivity index (χ0v) is 10.3. The Labute approximate surface area is 102 Å². The van der Waals surface area contributed by atoms with Crippen LogP contribution in [0.2, 0.25) is 0 Å². The SMILES string of the molecule is NCC1(C(=O)NC2CCOC2C2CC2)CCC1. The maximum Gasteiger partial charge on any atom is 0.227 e. The average Bonchev–Trinajstić information content (AvgIpc) is 3.00. The second-order valence-corrected chi connectivity index (χ2v) is 5.88. The fraction of sp³-hybridized carbons (Fsp3) is 0.923. The van der Waals surface area contributed by atoms with Crippen LogP contribution < -0.4 is 11.1 Å². The number of hydrogen-bond acceptors (Lipinski definition) is 3. The molecule has 3 fully saturated rings. The van der Waals surface area contributed by atoms with Crippen molar-refractivity contribution in [2.45, 2.75) is 50.7 Å². The molecule has 0 aromatic heterocycles. The highest BCUT2D eigenvalue weighted by Crippen LogP contribution is 2.42. The molecule has 2 atom stereocenters. The Balaban J connectivity index is 1.60. The van der Waals surface area contributed by atoms with Crippen LogP contribution in [0.1, 0.15) is 38.5 Å². The van der Waals surface area contributed by atoms with Crippen molar-refractivity contribution in [3.8, 4) is 0 Å². The Hall–Kier alpha value is -0.610. The van der Waals surface area contributed by atoms with Crippen LogP contribution in [-0.4, -0.2) is 31.2 Å². The van der Waals surface area contributed by atoms with Gasteiger partial charge in [0.2, 0.25) is 5.91 Å². The minimum Gasteiger partial charge on any atom is -0.376 e. The first-order chi connectivity index (χ1) is 8.25. The van der Waals surface area contributed by atoms with Gasteiger partial charge in [0.15, 0.2) is 0 Å². The maximum atomic E-state index is 12.3. The molecule has 3 aliphatic rings. The normalized spacial score (nSPS) is 35.4. The summed E-state index contributed by atoms with van der Waals surface area (Å²) in [7, 11) is 0. The zero-order valence-electron chi connectivity index (χ0n) is 10.3. The summed E-state index contributed by atoms with van der Waals surface area (Å²) in [6, 6.07) is 0.235. The molecule has 0 radical (unpaired) electrons. The van der Waals surface area contributed by atoms with E-state index in [1.165, 1.54) is 12.8 Å². The summed E-state index contributed by atoms with van der Waals surface area (Å²) in [5.74, 6) is 0.866. The zero-order chi connectivity index (χ0) is 11.9. The quantitative estimate of drug-likeness (QED) is 0.761. The second kappa shape index (κ2) is 4.25. The van der Waals surface area contributed by atoms with Crippen LogP contribution in [0.25, 0.3) is 0 Å². The molecule has 2 unspecified atom stereocenters. The van der Waals surface area contributed by atoms with Gasteiger partial charge < -0.3 is 15.8 Å². The molecule has 96 valence electrons. The molecule has 0 bridgehead atoms. The summed E-state index contributed by atoms with van der Waals surface area (Å²) >= 11 is 0. The number of ether oxygens (including phenoxy) is 1. The molecule has 1 amide bonds. The van der Waals surface area contributed by atoms with Crippen LogP contribution in [0.4, 0.5) is 0 Å². The van der Waals surface area contributed by atoms with Crippen molar-refractivity contribution < 1.29 is 9.53 Å². The third kappa shape index (κ3) is 1.97. The van der Waals surface area contributed by atoms with Crippen molar-refractivity contribution >= 4 is 5.91 Å². The summed E-state index contributed by atoms with van der Waals surface area (Å²) in [5, 5.41) is 3.20. The first kappa shape index (κ1) is 11.5. The Kier molecular flexibility index (Phi) is 2.87. The van der Waals surface area contributed by atoms with Crippen molar-refractivity contribution in [1.29, 1.82) is 0 Å². The third-order valence-corrected chi connectivity index (χ3v) is 4.72. The molecule has 17 heavy (non-hydrogen) atoms. The van der Waals surface area contributed by atoms with Crippen molar-refractivity contribution in [2.24, 2.45) is 17.1 Å². The summed E-state index contributed by atoms with van der Waals surface area (Å²) in [6.45, 7) is 1.28. The summed E-state index contributed by atoms with van der Waals surface area (Å²) < 4.78 is 5.74. The smallest absolute Gasteiger partial charge is 0.227 e. The van der Waals surface area contributed by atoms with Crippen molar-refractivity contribution in [3.63, 3.8) is 0 Å². The van der Waals surface area contributed by atoms with Gasteiger partial charge in [0.1, 0.15) is 0 Å². The standard InChI is InChI=1S/C13H22N2O2/c14-8-13(5-1-6-13)12(16)15-10-4-7-17-11(10)9-2-3-9/h9-11H,1-8,14H2,(H,15,16). The fourth-order valence-corrected chi connectivity index (χ4v) is 3.10. The van der Waals surface area contributed by atoms with E-state index in [4.69, 9.17) is 10.5 Å².